The standard InChI is InChI=1S/C39H64N4O10/c1-13-29-39(9)33(43(37(48)53-39)17-15-14-16-42-20-23(3)40-21-42)25(5)30(44)22(2)19-38(8,49-12)34(26(6)31(45)27(7)35(47)51-29)52-36-32(46)28(41(10)11)18-24(4)50-36/h20-22,24-29,32-34,36,46H,13-19H2,1-12H3/t22?,24-,25+,26?,27-,28+,29?,32?,33+,34?,36?,38-,39-/m1/s1. The summed E-state index contributed by atoms with van der Waals surface area (Å²) in [6.45, 7) is 17.0. The van der Waals surface area contributed by atoms with Crippen LogP contribution in [-0.4, -0.2) is 130 Å². The lowest BCUT2D eigenvalue weighted by atomic mass is 9.73. The van der Waals surface area contributed by atoms with Gasteiger partial charge in [0.05, 0.1) is 35.9 Å². The molecule has 0 radical (unpaired) electrons. The Morgan fingerprint density at radius 2 is 1.68 bits per heavy atom. The molecule has 0 saturated carbocycles. The summed E-state index contributed by atoms with van der Waals surface area (Å²) in [6.07, 6.45) is 1.18. The molecule has 6 unspecified atom stereocenters. The van der Waals surface area contributed by atoms with E-state index in [2.05, 4.69) is 4.98 Å². The molecule has 4 heterocycles. The number of Topliss-reactive ketones (excluding diaryl/α,β-unsaturated/α-hetero) is 2. The zero-order valence-electron chi connectivity index (χ0n) is 33.9. The fourth-order valence-electron chi connectivity index (χ4n) is 8.88. The van der Waals surface area contributed by atoms with E-state index in [1.54, 1.807) is 38.9 Å². The average Bonchev–Trinajstić information content (AvgIpc) is 3.64. The van der Waals surface area contributed by atoms with Crippen LogP contribution in [0.3, 0.4) is 0 Å². The largest absolute Gasteiger partial charge is 0.458 e. The fraction of sp³-hybridized carbons (Fsp3) is 0.821. The number of rotatable bonds is 10. The van der Waals surface area contributed by atoms with Gasteiger partial charge in [0.25, 0.3) is 0 Å². The number of aryl methyl sites for hydroxylation is 2. The predicted octanol–water partition coefficient (Wildman–Crippen LogP) is 4.18. The second kappa shape index (κ2) is 17.3. The number of ketones is 2. The highest BCUT2D eigenvalue weighted by atomic mass is 16.7. The molecular formula is C39H64N4O10. The molecule has 3 saturated heterocycles. The maximum absolute atomic E-state index is 14.6. The van der Waals surface area contributed by atoms with E-state index >= 15 is 0 Å². The summed E-state index contributed by atoms with van der Waals surface area (Å²) in [5.41, 5.74) is -1.70. The lowest BCUT2D eigenvalue weighted by Gasteiger charge is -2.47. The Labute approximate surface area is 315 Å². The van der Waals surface area contributed by atoms with Crippen LogP contribution in [0.4, 0.5) is 4.79 Å². The highest BCUT2D eigenvalue weighted by Gasteiger charge is 2.60. The minimum atomic E-state index is -1.37. The van der Waals surface area contributed by atoms with Gasteiger partial charge in [-0.25, -0.2) is 9.78 Å². The molecule has 1 aromatic rings. The van der Waals surface area contributed by atoms with Gasteiger partial charge in [0.1, 0.15) is 23.9 Å². The number of cyclic esters (lactones) is 1. The number of likely N-dealkylation sites (N-methyl/N-ethyl adjacent to an activating group) is 1. The van der Waals surface area contributed by atoms with Crippen molar-refractivity contribution in [2.45, 2.75) is 155 Å². The maximum Gasteiger partial charge on any atom is 0.410 e. The minimum Gasteiger partial charge on any atom is -0.458 e. The van der Waals surface area contributed by atoms with Crippen molar-refractivity contribution in [2.24, 2.45) is 23.7 Å². The smallest absolute Gasteiger partial charge is 0.410 e. The quantitative estimate of drug-likeness (QED) is 0.207. The number of nitrogens with zero attached hydrogens (tertiary/aromatic N) is 4. The van der Waals surface area contributed by atoms with E-state index in [1.807, 2.05) is 57.5 Å². The van der Waals surface area contributed by atoms with E-state index < -0.39 is 83.4 Å². The molecule has 1 N–H and O–H groups in total. The number of esters is 1. The number of carbonyl (C=O) groups is 4. The number of aromatic nitrogens is 2. The van der Waals surface area contributed by atoms with E-state index in [1.165, 1.54) is 14.0 Å². The third-order valence-electron chi connectivity index (χ3n) is 12.0. The first-order chi connectivity index (χ1) is 24.8. The van der Waals surface area contributed by atoms with Crippen LogP contribution in [0.15, 0.2) is 12.5 Å². The van der Waals surface area contributed by atoms with Gasteiger partial charge in [0.15, 0.2) is 17.7 Å². The van der Waals surface area contributed by atoms with Crippen LogP contribution in [-0.2, 0) is 44.6 Å². The number of hydrogen-bond donors (Lipinski definition) is 1. The Morgan fingerprint density at radius 1 is 1.02 bits per heavy atom. The van der Waals surface area contributed by atoms with Gasteiger partial charge >= 0.3 is 12.1 Å². The molecule has 300 valence electrons. The number of fused-ring (bicyclic) bond motifs is 1. The molecule has 0 aliphatic carbocycles. The molecule has 0 bridgehead atoms. The number of aliphatic hydroxyl groups excluding tert-OH is 1. The van der Waals surface area contributed by atoms with Crippen molar-refractivity contribution in [1.82, 2.24) is 19.4 Å². The van der Waals surface area contributed by atoms with Gasteiger partial charge in [0.2, 0.25) is 0 Å². The van der Waals surface area contributed by atoms with Crippen LogP contribution in [0.2, 0.25) is 0 Å². The topological polar surface area (TPSA) is 159 Å². The normalized spacial score (nSPS) is 39.1. The molecule has 4 rings (SSSR count). The number of aliphatic hydroxyl groups is 1. The van der Waals surface area contributed by atoms with Crippen molar-refractivity contribution in [3.8, 4) is 0 Å². The third kappa shape index (κ3) is 8.98. The van der Waals surface area contributed by atoms with Gasteiger partial charge in [0, 0.05) is 50.2 Å². The van der Waals surface area contributed by atoms with Crippen LogP contribution in [0.5, 0.6) is 0 Å². The van der Waals surface area contributed by atoms with Gasteiger partial charge in [-0.05, 0) is 80.8 Å². The molecule has 53 heavy (non-hydrogen) atoms. The highest BCUT2D eigenvalue weighted by Crippen LogP contribution is 2.43. The molecule has 14 nitrogen and oxygen atoms in total. The molecule has 13 atom stereocenters. The van der Waals surface area contributed by atoms with Crippen LogP contribution in [0.25, 0.3) is 0 Å². The fourth-order valence-corrected chi connectivity index (χ4v) is 8.88. The molecule has 3 fully saturated rings. The first-order valence-electron chi connectivity index (χ1n) is 19.3. The van der Waals surface area contributed by atoms with Gasteiger partial charge in [-0.15, -0.1) is 0 Å². The Hall–Kier alpha value is -2.91. The number of amides is 1. The monoisotopic (exact) mass is 748 g/mol. The van der Waals surface area contributed by atoms with Gasteiger partial charge in [-0.1, -0.05) is 27.7 Å². The summed E-state index contributed by atoms with van der Waals surface area (Å²) in [4.78, 5) is 64.2. The van der Waals surface area contributed by atoms with E-state index in [0.29, 0.717) is 25.9 Å². The Balaban J connectivity index is 1.71. The molecule has 0 spiro atoms. The van der Waals surface area contributed by atoms with Gasteiger partial charge < -0.3 is 43.2 Å². The molecule has 3 aliphatic rings. The lowest BCUT2D eigenvalue weighted by molar-refractivity contribution is -0.295. The lowest BCUT2D eigenvalue weighted by Crippen LogP contribution is -2.60. The van der Waals surface area contributed by atoms with Crippen molar-refractivity contribution in [2.75, 3.05) is 27.7 Å². The van der Waals surface area contributed by atoms with Gasteiger partial charge in [-0.3, -0.25) is 14.4 Å². The van der Waals surface area contributed by atoms with Crippen LogP contribution < -0.4 is 0 Å². The number of carbonyl (C=O) groups excluding carboxylic acids is 4. The molecule has 0 aromatic carbocycles. The van der Waals surface area contributed by atoms with Crippen molar-refractivity contribution < 1.29 is 48.0 Å². The van der Waals surface area contributed by atoms with E-state index in [-0.39, 0.29) is 30.8 Å². The number of ether oxygens (including phenoxy) is 5. The SMILES string of the molecule is CCC1OC(=O)[C@H](C)C(=O)C(C)C(OC2O[C@H](C)C[C@H](N(C)C)C2O)[C@](C)(OC)CC(C)C(=O)[C@H](C)[C@@H]2N(CCCCn3cnc(C)c3)C(=O)O[C@]12C. The van der Waals surface area contributed by atoms with Crippen LogP contribution in [0.1, 0.15) is 93.2 Å². The first kappa shape index (κ1) is 42.8. The zero-order chi connectivity index (χ0) is 39.6. The Morgan fingerprint density at radius 3 is 2.26 bits per heavy atom. The predicted molar refractivity (Wildman–Crippen MR) is 196 cm³/mol. The van der Waals surface area contributed by atoms with E-state index in [9.17, 15) is 24.3 Å². The average molecular weight is 749 g/mol. The van der Waals surface area contributed by atoms with Crippen molar-refractivity contribution in [3.05, 3.63) is 18.2 Å². The number of methoxy groups -OCH3 is 1. The Kier molecular flexibility index (Phi) is 14.0. The summed E-state index contributed by atoms with van der Waals surface area (Å²) in [7, 11) is 5.24. The second-order valence-electron chi connectivity index (χ2n) is 16.3. The van der Waals surface area contributed by atoms with Crippen LogP contribution in [0, 0.1) is 30.6 Å². The molecule has 1 amide bonds. The number of imidazole rings is 1. The van der Waals surface area contributed by atoms with Crippen molar-refractivity contribution in [1.29, 1.82) is 0 Å². The van der Waals surface area contributed by atoms with Crippen molar-refractivity contribution in [3.63, 3.8) is 0 Å². The summed E-state index contributed by atoms with van der Waals surface area (Å²) in [6, 6.07) is -1.03. The minimum absolute atomic E-state index is 0.138. The zero-order valence-corrected chi connectivity index (χ0v) is 33.9. The Bertz CT molecular complexity index is 1450. The molecule has 1 aromatic heterocycles. The van der Waals surface area contributed by atoms with E-state index in [0.717, 1.165) is 12.1 Å². The van der Waals surface area contributed by atoms with Crippen LogP contribution >= 0.6 is 0 Å². The number of unbranched alkanes of at least 4 members (excludes halogenated alkanes) is 1. The van der Waals surface area contributed by atoms with Gasteiger partial charge in [-0.2, -0.15) is 0 Å². The van der Waals surface area contributed by atoms with E-state index in [4.69, 9.17) is 23.7 Å². The summed E-state index contributed by atoms with van der Waals surface area (Å²) in [5, 5.41) is 11.4. The molecule has 3 aliphatic heterocycles. The molecule has 14 heteroatoms. The number of hydrogen-bond acceptors (Lipinski definition) is 12. The summed E-state index contributed by atoms with van der Waals surface area (Å²) >= 11 is 0. The second-order valence-corrected chi connectivity index (χ2v) is 16.3. The highest BCUT2D eigenvalue weighted by molar-refractivity contribution is 6.00. The van der Waals surface area contributed by atoms with Crippen molar-refractivity contribution >= 4 is 23.6 Å². The summed E-state index contributed by atoms with van der Waals surface area (Å²) in [5.74, 6) is -4.86. The third-order valence-corrected chi connectivity index (χ3v) is 12.0. The molecular weight excluding hydrogens is 684 g/mol. The summed E-state index contributed by atoms with van der Waals surface area (Å²) < 4.78 is 33.1. The first-order valence-corrected chi connectivity index (χ1v) is 19.3. The maximum atomic E-state index is 14.6.